The van der Waals surface area contributed by atoms with E-state index >= 15 is 0 Å². The Hall–Kier alpha value is -2.02. The van der Waals surface area contributed by atoms with Gasteiger partial charge in [0.1, 0.15) is 5.60 Å². The summed E-state index contributed by atoms with van der Waals surface area (Å²) in [6.07, 6.45) is 0.723. The van der Waals surface area contributed by atoms with E-state index in [2.05, 4.69) is 54.2 Å². The van der Waals surface area contributed by atoms with E-state index in [0.717, 1.165) is 9.13 Å². The van der Waals surface area contributed by atoms with Gasteiger partial charge < -0.3 is 25.4 Å². The minimum absolute atomic E-state index is 0.0536. The average Bonchev–Trinajstić information content (AvgIpc) is 3.03. The van der Waals surface area contributed by atoms with E-state index in [1.165, 1.54) is 7.05 Å². The molecule has 1 aromatic carbocycles. The number of hydrogen-bond donors (Lipinski definition) is 4. The first kappa shape index (κ1) is 21.8. The molecule has 0 radical (unpaired) electrons. The second-order valence-electron chi connectivity index (χ2n) is 8.69. The highest BCUT2D eigenvalue weighted by Crippen LogP contribution is 2.69. The van der Waals surface area contributed by atoms with Crippen LogP contribution < -0.4 is 10.6 Å². The fraction of sp³-hybridized carbons (Fsp3) is 0.429. The SMILES string of the molecule is CNC(=O)[C@@]1(C)C[C@H]2C(n3cnc4c(NCc5cccc(I)c5)nc(Cl)nc43)[C@]2(O)[C@@H]1O. The van der Waals surface area contributed by atoms with Gasteiger partial charge in [-0.1, -0.05) is 12.1 Å². The summed E-state index contributed by atoms with van der Waals surface area (Å²) in [5.74, 6) is -0.0906. The number of imidazole rings is 1. The van der Waals surface area contributed by atoms with E-state index in [4.69, 9.17) is 11.6 Å². The lowest BCUT2D eigenvalue weighted by atomic mass is 9.80. The summed E-state index contributed by atoms with van der Waals surface area (Å²) in [5.41, 5.74) is -0.398. The molecule has 2 heterocycles. The number of aliphatic hydroxyl groups is 2. The predicted octanol–water partition coefficient (Wildman–Crippen LogP) is 2.12. The molecule has 168 valence electrons. The zero-order valence-electron chi connectivity index (χ0n) is 17.4. The molecule has 3 aromatic rings. The van der Waals surface area contributed by atoms with Gasteiger partial charge in [0.15, 0.2) is 17.0 Å². The van der Waals surface area contributed by atoms with Gasteiger partial charge >= 0.3 is 0 Å². The Morgan fingerprint density at radius 1 is 1.41 bits per heavy atom. The van der Waals surface area contributed by atoms with Crippen LogP contribution in [-0.2, 0) is 11.3 Å². The van der Waals surface area contributed by atoms with Gasteiger partial charge in [-0.15, -0.1) is 0 Å². The third-order valence-corrected chi connectivity index (χ3v) is 7.65. The van der Waals surface area contributed by atoms with Crippen molar-refractivity contribution in [3.8, 4) is 0 Å². The summed E-state index contributed by atoms with van der Waals surface area (Å²) in [6, 6.07) is 7.64. The van der Waals surface area contributed by atoms with Crippen molar-refractivity contribution < 1.29 is 15.0 Å². The number of halogens is 2. The molecule has 0 saturated heterocycles. The first-order valence-electron chi connectivity index (χ1n) is 10.2. The molecule has 2 fully saturated rings. The lowest BCUT2D eigenvalue weighted by Gasteiger charge is -2.32. The lowest BCUT2D eigenvalue weighted by Crippen LogP contribution is -2.49. The predicted molar refractivity (Wildman–Crippen MR) is 127 cm³/mol. The zero-order chi connectivity index (χ0) is 22.8. The van der Waals surface area contributed by atoms with Gasteiger partial charge in [-0.3, -0.25) is 4.79 Å². The highest BCUT2D eigenvalue weighted by molar-refractivity contribution is 14.1. The number of hydrogen-bond acceptors (Lipinski definition) is 7. The Bertz CT molecular complexity index is 1240. The van der Waals surface area contributed by atoms with Gasteiger partial charge in [0.2, 0.25) is 11.2 Å². The van der Waals surface area contributed by atoms with Gasteiger partial charge in [0.05, 0.1) is 23.9 Å². The van der Waals surface area contributed by atoms with Crippen molar-refractivity contribution in [3.63, 3.8) is 0 Å². The van der Waals surface area contributed by atoms with Crippen molar-refractivity contribution in [2.75, 3.05) is 12.4 Å². The van der Waals surface area contributed by atoms with Crippen LogP contribution in [0.5, 0.6) is 0 Å². The van der Waals surface area contributed by atoms with Gasteiger partial charge in [0.25, 0.3) is 0 Å². The molecule has 2 aliphatic rings. The van der Waals surface area contributed by atoms with Gasteiger partial charge in [0, 0.05) is 23.1 Å². The maximum absolute atomic E-state index is 12.3. The Labute approximate surface area is 202 Å². The Morgan fingerprint density at radius 3 is 2.84 bits per heavy atom. The van der Waals surface area contributed by atoms with Gasteiger partial charge in [-0.05, 0) is 65.2 Å². The summed E-state index contributed by atoms with van der Waals surface area (Å²) in [7, 11) is 1.53. The number of nitrogens with zero attached hydrogens (tertiary/aromatic N) is 4. The fourth-order valence-electron chi connectivity index (χ4n) is 5.13. The molecule has 1 unspecified atom stereocenters. The number of carbonyl (C=O) groups excluding carboxylic acids is 1. The molecule has 0 aliphatic heterocycles. The number of rotatable bonds is 5. The van der Waals surface area contributed by atoms with Crippen LogP contribution >= 0.6 is 34.2 Å². The summed E-state index contributed by atoms with van der Waals surface area (Å²) in [6.45, 7) is 2.21. The third kappa shape index (κ3) is 3.11. The van der Waals surface area contributed by atoms with Crippen molar-refractivity contribution in [2.45, 2.75) is 37.6 Å². The molecule has 1 amide bonds. The zero-order valence-corrected chi connectivity index (χ0v) is 20.3. The average molecular weight is 569 g/mol. The number of aromatic nitrogens is 4. The molecule has 11 heteroatoms. The van der Waals surface area contributed by atoms with E-state index < -0.39 is 23.2 Å². The van der Waals surface area contributed by atoms with Crippen molar-refractivity contribution in [1.82, 2.24) is 24.8 Å². The van der Waals surface area contributed by atoms with Crippen molar-refractivity contribution >= 4 is 57.1 Å². The smallest absolute Gasteiger partial charge is 0.228 e. The van der Waals surface area contributed by atoms with E-state index in [-0.39, 0.29) is 17.1 Å². The number of carbonyl (C=O) groups is 1. The Morgan fingerprint density at radius 2 is 2.19 bits per heavy atom. The normalized spacial score (nSPS) is 30.9. The summed E-state index contributed by atoms with van der Waals surface area (Å²) in [4.78, 5) is 25.4. The highest BCUT2D eigenvalue weighted by atomic mass is 127. The molecule has 5 atom stereocenters. The molecule has 2 aromatic heterocycles. The molecule has 2 saturated carbocycles. The Kier molecular flexibility index (Phi) is 5.11. The van der Waals surface area contributed by atoms with Gasteiger partial charge in [-0.25, -0.2) is 4.98 Å². The van der Waals surface area contributed by atoms with Crippen molar-refractivity contribution in [1.29, 1.82) is 0 Å². The van der Waals surface area contributed by atoms with Crippen LogP contribution in [0.15, 0.2) is 30.6 Å². The van der Waals surface area contributed by atoms with E-state index in [0.29, 0.717) is 29.9 Å². The molecule has 5 rings (SSSR count). The number of anilines is 1. The molecular weight excluding hydrogens is 547 g/mol. The largest absolute Gasteiger partial charge is 0.389 e. The fourth-order valence-corrected chi connectivity index (χ4v) is 5.91. The number of benzene rings is 1. The third-order valence-electron chi connectivity index (χ3n) is 6.81. The topological polar surface area (TPSA) is 125 Å². The first-order valence-corrected chi connectivity index (χ1v) is 11.7. The molecule has 2 aliphatic carbocycles. The minimum Gasteiger partial charge on any atom is -0.389 e. The maximum atomic E-state index is 12.3. The summed E-state index contributed by atoms with van der Waals surface area (Å²) >= 11 is 8.47. The second kappa shape index (κ2) is 7.51. The molecule has 4 N–H and O–H groups in total. The van der Waals surface area contributed by atoms with E-state index in [1.807, 2.05) is 18.2 Å². The van der Waals surface area contributed by atoms with Crippen LogP contribution in [0, 0.1) is 14.9 Å². The standard InChI is InChI=1S/C21H22ClIN6O3/c1-20(18(31)24-2)7-12-14(21(12,32)17(20)30)29-9-26-13-15(27-19(22)28-16(13)29)25-8-10-4-3-5-11(23)6-10/h3-6,9,12,14,17,30,32H,7-8H2,1-2H3,(H,24,31)(H,25,27,28)/t12-,14?,17+,20-,21-/m0/s1. The van der Waals surface area contributed by atoms with Crippen LogP contribution in [0.25, 0.3) is 11.2 Å². The van der Waals surface area contributed by atoms with Gasteiger partial charge in [-0.2, -0.15) is 9.97 Å². The number of aliphatic hydroxyl groups excluding tert-OH is 1. The number of nitrogens with one attached hydrogen (secondary N) is 2. The molecular formula is C21H22ClIN6O3. The molecule has 0 bridgehead atoms. The monoisotopic (exact) mass is 568 g/mol. The molecule has 32 heavy (non-hydrogen) atoms. The quantitative estimate of drug-likeness (QED) is 0.274. The maximum Gasteiger partial charge on any atom is 0.228 e. The summed E-state index contributed by atoms with van der Waals surface area (Å²) in [5, 5.41) is 28.0. The number of fused-ring (bicyclic) bond motifs is 2. The van der Waals surface area contributed by atoms with Crippen molar-refractivity contribution in [3.05, 3.63) is 45.0 Å². The molecule has 9 nitrogen and oxygen atoms in total. The second-order valence-corrected chi connectivity index (χ2v) is 10.3. The van der Waals surface area contributed by atoms with Crippen molar-refractivity contribution in [2.24, 2.45) is 11.3 Å². The van der Waals surface area contributed by atoms with E-state index in [9.17, 15) is 15.0 Å². The highest BCUT2D eigenvalue weighted by Gasteiger charge is 2.79. The minimum atomic E-state index is -1.43. The Balaban J connectivity index is 1.45. The van der Waals surface area contributed by atoms with Crippen LogP contribution in [-0.4, -0.2) is 54.4 Å². The van der Waals surface area contributed by atoms with E-state index in [1.54, 1.807) is 17.8 Å². The molecule has 0 spiro atoms. The number of amides is 1. The lowest BCUT2D eigenvalue weighted by molar-refractivity contribution is -0.140. The van der Waals surface area contributed by atoms with Crippen LogP contribution in [0.3, 0.4) is 0 Å². The van der Waals surface area contributed by atoms with Crippen LogP contribution in [0.1, 0.15) is 24.9 Å². The van der Waals surface area contributed by atoms with Crippen LogP contribution in [0.2, 0.25) is 5.28 Å². The summed E-state index contributed by atoms with van der Waals surface area (Å²) < 4.78 is 2.87. The first-order chi connectivity index (χ1) is 15.2. The van der Waals surface area contributed by atoms with Crippen LogP contribution in [0.4, 0.5) is 5.82 Å².